The van der Waals surface area contributed by atoms with Crippen LogP contribution in [-0.4, -0.2) is 12.1 Å². The molecule has 0 aliphatic heterocycles. The van der Waals surface area contributed by atoms with Crippen molar-refractivity contribution in [1.82, 2.24) is 4.98 Å². The molecule has 11 heavy (non-hydrogen) atoms. The Bertz CT molecular complexity index is 235. The molecule has 0 radical (unpaired) electrons. The highest BCUT2D eigenvalue weighted by atomic mass is 16.5. The van der Waals surface area contributed by atoms with Crippen LogP contribution in [0.25, 0.3) is 0 Å². The number of nitrogens with two attached hydrogens (primary N) is 1. The minimum atomic E-state index is -0.0369. The number of ether oxygens (including phenoxy) is 1. The Morgan fingerprint density at radius 3 is 2.91 bits per heavy atom. The lowest BCUT2D eigenvalue weighted by molar-refractivity contribution is 0.413. The smallest absolute Gasteiger partial charge is 0.122 e. The molecular weight excluding hydrogens is 140 g/mol. The van der Waals surface area contributed by atoms with Crippen LogP contribution < -0.4 is 10.5 Å². The normalized spacial score (nSPS) is 12.6. The number of hydrogen-bond acceptors (Lipinski definition) is 3. The van der Waals surface area contributed by atoms with E-state index in [4.69, 9.17) is 10.5 Å². The van der Waals surface area contributed by atoms with Gasteiger partial charge in [0.2, 0.25) is 0 Å². The van der Waals surface area contributed by atoms with E-state index in [2.05, 4.69) is 4.98 Å². The molecule has 0 fully saturated rings. The van der Waals surface area contributed by atoms with Gasteiger partial charge in [0.1, 0.15) is 5.75 Å². The quantitative estimate of drug-likeness (QED) is 0.690. The van der Waals surface area contributed by atoms with Crippen LogP contribution in [0, 0.1) is 0 Å². The summed E-state index contributed by atoms with van der Waals surface area (Å²) in [5.74, 6) is 0.798. The monoisotopic (exact) mass is 152 g/mol. The second kappa shape index (κ2) is 3.34. The van der Waals surface area contributed by atoms with E-state index in [1.807, 2.05) is 13.0 Å². The van der Waals surface area contributed by atoms with Crippen molar-refractivity contribution >= 4 is 0 Å². The second-order valence-corrected chi connectivity index (χ2v) is 2.41. The Labute approximate surface area is 66.2 Å². The number of aromatic nitrogens is 1. The van der Waals surface area contributed by atoms with E-state index in [1.54, 1.807) is 19.4 Å². The number of nitrogens with zero attached hydrogens (tertiary/aromatic N) is 1. The molecule has 0 aliphatic rings. The molecule has 0 aliphatic carbocycles. The molecule has 1 heterocycles. The third-order valence-corrected chi connectivity index (χ3v) is 1.45. The molecule has 60 valence electrons. The van der Waals surface area contributed by atoms with E-state index < -0.39 is 0 Å². The highest BCUT2D eigenvalue weighted by Gasteiger charge is 2.00. The summed E-state index contributed by atoms with van der Waals surface area (Å²) in [4.78, 5) is 4.08. The van der Waals surface area contributed by atoms with Crippen molar-refractivity contribution in [3.05, 3.63) is 24.0 Å². The van der Waals surface area contributed by atoms with Crippen molar-refractivity contribution < 1.29 is 4.74 Å². The predicted molar refractivity (Wildman–Crippen MR) is 43.4 cm³/mol. The first-order valence-corrected chi connectivity index (χ1v) is 3.49. The van der Waals surface area contributed by atoms with Crippen LogP contribution in [0.3, 0.4) is 0 Å². The fourth-order valence-corrected chi connectivity index (χ4v) is 0.804. The van der Waals surface area contributed by atoms with Gasteiger partial charge in [-0.2, -0.15) is 0 Å². The molecule has 3 nitrogen and oxygen atoms in total. The number of pyridine rings is 1. The summed E-state index contributed by atoms with van der Waals surface area (Å²) in [6, 6.07) is 3.60. The van der Waals surface area contributed by atoms with Gasteiger partial charge in [0.05, 0.1) is 12.8 Å². The largest absolute Gasteiger partial charge is 0.497 e. The van der Waals surface area contributed by atoms with Gasteiger partial charge in [-0.3, -0.25) is 4.98 Å². The molecule has 1 atom stereocenters. The van der Waals surface area contributed by atoms with Gasteiger partial charge in [0, 0.05) is 18.3 Å². The van der Waals surface area contributed by atoms with Crippen LogP contribution in [0.4, 0.5) is 0 Å². The Morgan fingerprint density at radius 2 is 2.36 bits per heavy atom. The molecule has 0 spiro atoms. The van der Waals surface area contributed by atoms with Gasteiger partial charge in [0.25, 0.3) is 0 Å². The summed E-state index contributed by atoms with van der Waals surface area (Å²) in [5, 5.41) is 0. The zero-order chi connectivity index (χ0) is 8.27. The topological polar surface area (TPSA) is 48.1 Å². The molecule has 0 unspecified atom stereocenters. The molecule has 0 saturated carbocycles. The Morgan fingerprint density at radius 1 is 1.64 bits per heavy atom. The maximum Gasteiger partial charge on any atom is 0.122 e. The van der Waals surface area contributed by atoms with Gasteiger partial charge >= 0.3 is 0 Å². The number of methoxy groups -OCH3 is 1. The van der Waals surface area contributed by atoms with E-state index in [0.717, 1.165) is 11.4 Å². The molecule has 0 bridgehead atoms. The Balaban J connectivity index is 2.91. The van der Waals surface area contributed by atoms with Crippen LogP contribution in [0.1, 0.15) is 18.7 Å². The van der Waals surface area contributed by atoms with Gasteiger partial charge in [-0.15, -0.1) is 0 Å². The van der Waals surface area contributed by atoms with Crippen molar-refractivity contribution in [1.29, 1.82) is 0 Å². The van der Waals surface area contributed by atoms with E-state index in [9.17, 15) is 0 Å². The standard InChI is InChI=1S/C8H12N2O/c1-6(9)8-5-7(11-2)3-4-10-8/h3-6H,9H2,1-2H3/t6-/m1/s1. The first-order chi connectivity index (χ1) is 5.24. The Hall–Kier alpha value is -1.09. The maximum atomic E-state index is 5.62. The molecule has 0 aromatic carbocycles. The fourth-order valence-electron chi connectivity index (χ4n) is 0.804. The summed E-state index contributed by atoms with van der Waals surface area (Å²) in [6.45, 7) is 1.89. The zero-order valence-electron chi connectivity index (χ0n) is 6.74. The van der Waals surface area contributed by atoms with Gasteiger partial charge in [-0.05, 0) is 13.0 Å². The fraction of sp³-hybridized carbons (Fsp3) is 0.375. The maximum absolute atomic E-state index is 5.62. The predicted octanol–water partition coefficient (Wildman–Crippen LogP) is 1.11. The van der Waals surface area contributed by atoms with Crippen molar-refractivity contribution in [3.8, 4) is 5.75 Å². The summed E-state index contributed by atoms with van der Waals surface area (Å²) < 4.78 is 5.01. The molecule has 0 amide bonds. The lowest BCUT2D eigenvalue weighted by Gasteiger charge is -2.05. The van der Waals surface area contributed by atoms with Crippen LogP contribution in [0.15, 0.2) is 18.3 Å². The van der Waals surface area contributed by atoms with Crippen molar-refractivity contribution in [3.63, 3.8) is 0 Å². The van der Waals surface area contributed by atoms with Crippen LogP contribution >= 0.6 is 0 Å². The molecule has 2 N–H and O–H groups in total. The second-order valence-electron chi connectivity index (χ2n) is 2.41. The molecule has 1 aromatic rings. The van der Waals surface area contributed by atoms with Crippen molar-refractivity contribution in [2.24, 2.45) is 5.73 Å². The van der Waals surface area contributed by atoms with Crippen molar-refractivity contribution in [2.45, 2.75) is 13.0 Å². The number of rotatable bonds is 2. The summed E-state index contributed by atoms with van der Waals surface area (Å²) in [6.07, 6.45) is 1.69. The van der Waals surface area contributed by atoms with Crippen LogP contribution in [-0.2, 0) is 0 Å². The summed E-state index contributed by atoms with van der Waals surface area (Å²) >= 11 is 0. The minimum Gasteiger partial charge on any atom is -0.497 e. The third-order valence-electron chi connectivity index (χ3n) is 1.45. The van der Waals surface area contributed by atoms with Gasteiger partial charge < -0.3 is 10.5 Å². The lowest BCUT2D eigenvalue weighted by Crippen LogP contribution is -2.06. The SMILES string of the molecule is COc1ccnc([C@@H](C)N)c1. The lowest BCUT2D eigenvalue weighted by atomic mass is 10.2. The molecule has 1 rings (SSSR count). The van der Waals surface area contributed by atoms with E-state index in [1.165, 1.54) is 0 Å². The van der Waals surface area contributed by atoms with Crippen LogP contribution in [0.2, 0.25) is 0 Å². The minimum absolute atomic E-state index is 0.0369. The average molecular weight is 152 g/mol. The van der Waals surface area contributed by atoms with E-state index >= 15 is 0 Å². The van der Waals surface area contributed by atoms with Gasteiger partial charge in [-0.25, -0.2) is 0 Å². The van der Waals surface area contributed by atoms with Crippen LogP contribution in [0.5, 0.6) is 5.75 Å². The first kappa shape index (κ1) is 8.01. The molecule has 0 saturated heterocycles. The van der Waals surface area contributed by atoms with E-state index in [0.29, 0.717) is 0 Å². The molecular formula is C8H12N2O. The third kappa shape index (κ3) is 1.91. The van der Waals surface area contributed by atoms with Gasteiger partial charge in [-0.1, -0.05) is 0 Å². The van der Waals surface area contributed by atoms with Gasteiger partial charge in [0.15, 0.2) is 0 Å². The highest BCUT2D eigenvalue weighted by Crippen LogP contribution is 2.13. The first-order valence-electron chi connectivity index (χ1n) is 3.49. The van der Waals surface area contributed by atoms with E-state index in [-0.39, 0.29) is 6.04 Å². The van der Waals surface area contributed by atoms with Crippen molar-refractivity contribution in [2.75, 3.05) is 7.11 Å². The number of hydrogen-bond donors (Lipinski definition) is 1. The highest BCUT2D eigenvalue weighted by molar-refractivity contribution is 5.23. The molecule has 1 aromatic heterocycles. The zero-order valence-corrected chi connectivity index (χ0v) is 6.74. The summed E-state index contributed by atoms with van der Waals surface area (Å²) in [5.41, 5.74) is 6.47. The Kier molecular flexibility index (Phi) is 2.44. The average Bonchev–Trinajstić information content (AvgIpc) is 2.05. The molecule has 3 heteroatoms. The summed E-state index contributed by atoms with van der Waals surface area (Å²) in [7, 11) is 1.63.